The maximum atomic E-state index is 12.7. The summed E-state index contributed by atoms with van der Waals surface area (Å²) in [4.78, 5) is 19.0. The molecule has 118 valence electrons. The highest BCUT2D eigenvalue weighted by Crippen LogP contribution is 2.24. The zero-order chi connectivity index (χ0) is 16.2. The van der Waals surface area contributed by atoms with E-state index in [1.165, 1.54) is 0 Å². The van der Waals surface area contributed by atoms with E-state index in [0.717, 1.165) is 12.2 Å². The van der Waals surface area contributed by atoms with E-state index in [1.54, 1.807) is 6.07 Å². The lowest BCUT2D eigenvalue weighted by Gasteiger charge is -2.25. The second kappa shape index (κ2) is 6.89. The largest absolute Gasteiger partial charge is 0.339 e. The molecular weight excluding hydrogens is 264 g/mol. The molecule has 0 aromatic carbocycles. The smallest absolute Gasteiger partial charge is 0.254 e. The minimum atomic E-state index is -0.142. The highest BCUT2D eigenvalue weighted by molar-refractivity contribution is 5.95. The SMILES string of the molecule is CCN(CC(C)C)C(=O)c1cc(NN)nc(C(C)(C)C)c1. The van der Waals surface area contributed by atoms with Crippen LogP contribution in [-0.2, 0) is 5.41 Å². The van der Waals surface area contributed by atoms with Crippen LogP contribution in [0.15, 0.2) is 12.1 Å². The molecule has 1 aromatic rings. The number of hydrogen-bond acceptors (Lipinski definition) is 4. The summed E-state index contributed by atoms with van der Waals surface area (Å²) in [7, 11) is 0. The first kappa shape index (κ1) is 17.4. The summed E-state index contributed by atoms with van der Waals surface area (Å²) in [6.07, 6.45) is 0. The molecule has 5 heteroatoms. The van der Waals surface area contributed by atoms with Crippen molar-refractivity contribution >= 4 is 11.7 Å². The number of aromatic nitrogens is 1. The number of rotatable bonds is 5. The fourth-order valence-corrected chi connectivity index (χ4v) is 2.09. The third kappa shape index (κ3) is 4.70. The fourth-order valence-electron chi connectivity index (χ4n) is 2.09. The molecule has 0 atom stereocenters. The van der Waals surface area contributed by atoms with Gasteiger partial charge in [0.2, 0.25) is 0 Å². The van der Waals surface area contributed by atoms with Gasteiger partial charge >= 0.3 is 0 Å². The summed E-state index contributed by atoms with van der Waals surface area (Å²) < 4.78 is 0. The van der Waals surface area contributed by atoms with Crippen LogP contribution >= 0.6 is 0 Å². The van der Waals surface area contributed by atoms with E-state index in [4.69, 9.17) is 5.84 Å². The van der Waals surface area contributed by atoms with Crippen LogP contribution in [0.2, 0.25) is 0 Å². The van der Waals surface area contributed by atoms with Crippen molar-refractivity contribution in [2.24, 2.45) is 11.8 Å². The van der Waals surface area contributed by atoms with E-state index in [0.29, 0.717) is 23.8 Å². The molecule has 0 spiro atoms. The number of nitrogen functional groups attached to an aromatic ring is 1. The number of amides is 1. The molecule has 5 nitrogen and oxygen atoms in total. The molecule has 3 N–H and O–H groups in total. The Morgan fingerprint density at radius 3 is 2.43 bits per heavy atom. The maximum absolute atomic E-state index is 12.7. The zero-order valence-electron chi connectivity index (χ0n) is 14.0. The van der Waals surface area contributed by atoms with Crippen molar-refractivity contribution in [2.45, 2.75) is 47.0 Å². The van der Waals surface area contributed by atoms with Crippen molar-refractivity contribution < 1.29 is 4.79 Å². The molecule has 0 bridgehead atoms. The first-order chi connectivity index (χ1) is 9.68. The van der Waals surface area contributed by atoms with Gasteiger partial charge in [0, 0.05) is 29.8 Å². The molecule has 0 saturated heterocycles. The number of nitrogens with one attached hydrogen (secondary N) is 1. The van der Waals surface area contributed by atoms with Crippen molar-refractivity contribution in [2.75, 3.05) is 18.5 Å². The van der Waals surface area contributed by atoms with Gasteiger partial charge in [-0.05, 0) is 25.0 Å². The second-order valence-corrected chi connectivity index (χ2v) is 6.76. The van der Waals surface area contributed by atoms with Crippen molar-refractivity contribution in [1.29, 1.82) is 0 Å². The van der Waals surface area contributed by atoms with E-state index in [2.05, 4.69) is 45.0 Å². The number of hydrazine groups is 1. The molecule has 0 aliphatic heterocycles. The topological polar surface area (TPSA) is 71.2 Å². The van der Waals surface area contributed by atoms with Gasteiger partial charge in [0.25, 0.3) is 5.91 Å². The number of hydrogen-bond donors (Lipinski definition) is 2. The lowest BCUT2D eigenvalue weighted by molar-refractivity contribution is 0.0745. The number of pyridine rings is 1. The lowest BCUT2D eigenvalue weighted by atomic mass is 9.90. The van der Waals surface area contributed by atoms with Crippen LogP contribution in [-0.4, -0.2) is 28.9 Å². The van der Waals surface area contributed by atoms with E-state index in [-0.39, 0.29) is 11.3 Å². The van der Waals surface area contributed by atoms with Crippen molar-refractivity contribution in [3.63, 3.8) is 0 Å². The fraction of sp³-hybridized carbons (Fsp3) is 0.625. The van der Waals surface area contributed by atoms with Crippen LogP contribution in [0.5, 0.6) is 0 Å². The maximum Gasteiger partial charge on any atom is 0.254 e. The Labute approximate surface area is 127 Å². The summed E-state index contributed by atoms with van der Waals surface area (Å²) >= 11 is 0. The molecule has 0 saturated carbocycles. The third-order valence-corrected chi connectivity index (χ3v) is 3.24. The molecule has 1 heterocycles. The minimum absolute atomic E-state index is 0.0237. The predicted octanol–water partition coefficient (Wildman–Crippen LogP) is 2.78. The van der Waals surface area contributed by atoms with Crippen LogP contribution in [0.4, 0.5) is 5.82 Å². The number of anilines is 1. The minimum Gasteiger partial charge on any atom is -0.339 e. The average molecular weight is 292 g/mol. The molecule has 1 rings (SSSR count). The van der Waals surface area contributed by atoms with E-state index in [9.17, 15) is 4.79 Å². The van der Waals surface area contributed by atoms with Gasteiger partial charge in [0.15, 0.2) is 0 Å². The van der Waals surface area contributed by atoms with Crippen LogP contribution in [0, 0.1) is 5.92 Å². The highest BCUT2D eigenvalue weighted by atomic mass is 16.2. The van der Waals surface area contributed by atoms with Crippen LogP contribution < -0.4 is 11.3 Å². The quantitative estimate of drug-likeness (QED) is 0.646. The summed E-state index contributed by atoms with van der Waals surface area (Å²) in [5, 5.41) is 0. The van der Waals surface area contributed by atoms with Crippen molar-refractivity contribution in [1.82, 2.24) is 9.88 Å². The van der Waals surface area contributed by atoms with Crippen LogP contribution in [0.1, 0.15) is 57.6 Å². The molecule has 0 unspecified atom stereocenters. The standard InChI is InChI=1S/C16H28N4O/c1-7-20(10-11(2)3)15(21)12-8-13(16(4,5)6)18-14(9-12)19-17/h8-9,11H,7,10,17H2,1-6H3,(H,18,19). The number of nitrogens with two attached hydrogens (primary N) is 1. The van der Waals surface area contributed by atoms with Gasteiger partial charge in [-0.25, -0.2) is 10.8 Å². The van der Waals surface area contributed by atoms with Gasteiger partial charge in [-0.1, -0.05) is 34.6 Å². The summed E-state index contributed by atoms with van der Waals surface area (Å²) in [6.45, 7) is 13.8. The first-order valence-electron chi connectivity index (χ1n) is 7.47. The Morgan fingerprint density at radius 1 is 1.38 bits per heavy atom. The van der Waals surface area contributed by atoms with Crippen molar-refractivity contribution in [3.8, 4) is 0 Å². The van der Waals surface area contributed by atoms with E-state index in [1.807, 2.05) is 17.9 Å². The molecule has 0 aliphatic carbocycles. The zero-order valence-corrected chi connectivity index (χ0v) is 14.0. The Kier molecular flexibility index (Phi) is 5.72. The van der Waals surface area contributed by atoms with Crippen LogP contribution in [0.25, 0.3) is 0 Å². The van der Waals surface area contributed by atoms with Gasteiger partial charge in [0.1, 0.15) is 5.82 Å². The first-order valence-corrected chi connectivity index (χ1v) is 7.47. The summed E-state index contributed by atoms with van der Waals surface area (Å²) in [5.41, 5.74) is 3.89. The lowest BCUT2D eigenvalue weighted by Crippen LogP contribution is -2.34. The van der Waals surface area contributed by atoms with E-state index < -0.39 is 0 Å². The molecule has 0 radical (unpaired) electrons. The Hall–Kier alpha value is -1.62. The average Bonchev–Trinajstić information content (AvgIpc) is 2.42. The molecule has 0 fully saturated rings. The van der Waals surface area contributed by atoms with Gasteiger partial charge in [-0.15, -0.1) is 0 Å². The Balaban J connectivity index is 3.19. The second-order valence-electron chi connectivity index (χ2n) is 6.76. The third-order valence-electron chi connectivity index (χ3n) is 3.24. The molecule has 0 aliphatic rings. The Morgan fingerprint density at radius 2 is 2.00 bits per heavy atom. The Bertz CT molecular complexity index is 492. The van der Waals surface area contributed by atoms with Crippen LogP contribution in [0.3, 0.4) is 0 Å². The molecule has 21 heavy (non-hydrogen) atoms. The molecule has 1 aromatic heterocycles. The number of carbonyl (C=O) groups excluding carboxylic acids is 1. The summed E-state index contributed by atoms with van der Waals surface area (Å²) in [5.74, 6) is 6.46. The summed E-state index contributed by atoms with van der Waals surface area (Å²) in [6, 6.07) is 3.58. The van der Waals surface area contributed by atoms with Gasteiger partial charge in [0.05, 0.1) is 0 Å². The molecular formula is C16H28N4O. The number of nitrogens with zero attached hydrogens (tertiary/aromatic N) is 2. The van der Waals surface area contributed by atoms with Gasteiger partial charge in [-0.2, -0.15) is 0 Å². The normalized spacial score (nSPS) is 11.6. The monoisotopic (exact) mass is 292 g/mol. The number of carbonyl (C=O) groups is 1. The van der Waals surface area contributed by atoms with Gasteiger partial charge < -0.3 is 10.3 Å². The predicted molar refractivity (Wildman–Crippen MR) is 87.2 cm³/mol. The highest BCUT2D eigenvalue weighted by Gasteiger charge is 2.21. The molecule has 1 amide bonds. The van der Waals surface area contributed by atoms with Gasteiger partial charge in [-0.3, -0.25) is 4.79 Å². The van der Waals surface area contributed by atoms with E-state index >= 15 is 0 Å². The van der Waals surface area contributed by atoms with Crippen molar-refractivity contribution in [3.05, 3.63) is 23.4 Å².